The number of hydrogen-bond donors (Lipinski definition) is 2. The van der Waals surface area contributed by atoms with Crippen molar-refractivity contribution in [3.05, 3.63) is 6.07 Å². The highest BCUT2D eigenvalue weighted by Gasteiger charge is 2.35. The average molecular weight is 308 g/mol. The first-order valence-corrected chi connectivity index (χ1v) is 8.40. The summed E-state index contributed by atoms with van der Waals surface area (Å²) in [4.78, 5) is 24.9. The number of hydrogen-bond acceptors (Lipinski definition) is 6. The zero-order valence-electron chi connectivity index (χ0n) is 12.3. The number of anilines is 2. The molecule has 2 aliphatic rings. The summed E-state index contributed by atoms with van der Waals surface area (Å²) in [5, 5.41) is 6.92. The minimum Gasteiger partial charge on any atom is -0.370 e. The average Bonchev–Trinajstić information content (AvgIpc) is 2.88. The van der Waals surface area contributed by atoms with Gasteiger partial charge in [0.15, 0.2) is 5.16 Å². The first-order valence-electron chi connectivity index (χ1n) is 7.17. The number of urea groups is 1. The molecule has 3 heterocycles. The topological polar surface area (TPSA) is 73.4 Å². The number of thioether (sulfide) groups is 1. The lowest BCUT2D eigenvalue weighted by Crippen LogP contribution is -2.52. The number of rotatable bonds is 4. The Labute approximate surface area is 128 Å². The SMILES string of the molecule is CCNc1cc(N2CCN3C(=O)NCC3C2)nc(SC)n1. The summed E-state index contributed by atoms with van der Waals surface area (Å²) in [5.41, 5.74) is 0. The number of carbonyl (C=O) groups is 1. The first-order chi connectivity index (χ1) is 10.2. The van der Waals surface area contributed by atoms with Gasteiger partial charge in [-0.1, -0.05) is 11.8 Å². The zero-order valence-corrected chi connectivity index (χ0v) is 13.1. The fourth-order valence-corrected chi connectivity index (χ4v) is 3.12. The molecule has 7 nitrogen and oxygen atoms in total. The molecule has 2 N–H and O–H groups in total. The summed E-state index contributed by atoms with van der Waals surface area (Å²) < 4.78 is 0. The Bertz CT molecular complexity index is 539. The highest BCUT2D eigenvalue weighted by molar-refractivity contribution is 7.98. The number of nitrogens with zero attached hydrogens (tertiary/aromatic N) is 4. The van der Waals surface area contributed by atoms with Crippen molar-refractivity contribution in [1.29, 1.82) is 0 Å². The van der Waals surface area contributed by atoms with Gasteiger partial charge in [-0.2, -0.15) is 0 Å². The third-order valence-corrected chi connectivity index (χ3v) is 4.34. The van der Waals surface area contributed by atoms with Crippen molar-refractivity contribution in [2.45, 2.75) is 18.1 Å². The maximum absolute atomic E-state index is 11.6. The van der Waals surface area contributed by atoms with Crippen LogP contribution in [0.2, 0.25) is 0 Å². The summed E-state index contributed by atoms with van der Waals surface area (Å²) in [7, 11) is 0. The standard InChI is InChI=1S/C13H20N6OS/c1-3-14-10-6-11(17-12(16-10)21-2)18-4-5-19-9(8-18)7-15-13(19)20/h6,9H,3-5,7-8H2,1-2H3,(H,15,20)(H,14,16,17). The van der Waals surface area contributed by atoms with E-state index in [1.54, 1.807) is 11.8 Å². The normalized spacial score (nSPS) is 21.2. The lowest BCUT2D eigenvalue weighted by atomic mass is 10.2. The first kappa shape index (κ1) is 14.2. The van der Waals surface area contributed by atoms with Crippen LogP contribution in [0.25, 0.3) is 0 Å². The van der Waals surface area contributed by atoms with Crippen LogP contribution in [-0.2, 0) is 0 Å². The molecular formula is C13H20N6OS. The van der Waals surface area contributed by atoms with Crippen LogP contribution >= 0.6 is 11.8 Å². The molecule has 114 valence electrons. The summed E-state index contributed by atoms with van der Waals surface area (Å²) in [6.07, 6.45) is 1.98. The van der Waals surface area contributed by atoms with E-state index in [1.807, 2.05) is 17.2 Å². The highest BCUT2D eigenvalue weighted by Crippen LogP contribution is 2.24. The zero-order chi connectivity index (χ0) is 14.8. The van der Waals surface area contributed by atoms with Crippen LogP contribution < -0.4 is 15.5 Å². The van der Waals surface area contributed by atoms with Gasteiger partial charge in [-0.15, -0.1) is 0 Å². The van der Waals surface area contributed by atoms with E-state index in [1.165, 1.54) is 0 Å². The van der Waals surface area contributed by atoms with E-state index in [4.69, 9.17) is 0 Å². The van der Waals surface area contributed by atoms with Gasteiger partial charge in [-0.25, -0.2) is 14.8 Å². The van der Waals surface area contributed by atoms with Gasteiger partial charge in [-0.3, -0.25) is 0 Å². The van der Waals surface area contributed by atoms with E-state index in [-0.39, 0.29) is 12.1 Å². The molecule has 21 heavy (non-hydrogen) atoms. The molecule has 1 aromatic rings. The van der Waals surface area contributed by atoms with Gasteiger partial charge in [0.25, 0.3) is 0 Å². The summed E-state index contributed by atoms with van der Waals surface area (Å²) >= 11 is 1.54. The van der Waals surface area contributed by atoms with Crippen LogP contribution in [0.3, 0.4) is 0 Å². The molecule has 2 saturated heterocycles. The molecule has 0 saturated carbocycles. The van der Waals surface area contributed by atoms with Crippen LogP contribution in [0, 0.1) is 0 Å². The smallest absolute Gasteiger partial charge is 0.317 e. The predicted molar refractivity (Wildman–Crippen MR) is 84.1 cm³/mol. The minimum atomic E-state index is 0.0560. The Hall–Kier alpha value is -1.70. The Kier molecular flexibility index (Phi) is 4.05. The molecule has 0 bridgehead atoms. The Balaban J connectivity index is 1.80. The van der Waals surface area contributed by atoms with Gasteiger partial charge in [0, 0.05) is 38.8 Å². The number of piperazine rings is 1. The predicted octanol–water partition coefficient (Wildman–Crippen LogP) is 0.844. The lowest BCUT2D eigenvalue weighted by molar-refractivity contribution is 0.197. The second-order valence-corrected chi connectivity index (χ2v) is 5.88. The van der Waals surface area contributed by atoms with Crippen LogP contribution in [-0.4, -0.2) is 65.9 Å². The number of carbonyl (C=O) groups excluding carboxylic acids is 1. The van der Waals surface area contributed by atoms with Crippen molar-refractivity contribution in [3.63, 3.8) is 0 Å². The molecule has 1 atom stereocenters. The molecule has 2 aliphatic heterocycles. The number of amides is 2. The molecule has 3 rings (SSSR count). The van der Waals surface area contributed by atoms with Crippen molar-refractivity contribution in [2.24, 2.45) is 0 Å². The lowest BCUT2D eigenvalue weighted by Gasteiger charge is -2.37. The third kappa shape index (κ3) is 2.85. The van der Waals surface area contributed by atoms with Gasteiger partial charge in [0.1, 0.15) is 11.6 Å². The Morgan fingerprint density at radius 1 is 1.48 bits per heavy atom. The van der Waals surface area contributed by atoms with Crippen molar-refractivity contribution < 1.29 is 4.79 Å². The molecule has 1 aromatic heterocycles. The number of aromatic nitrogens is 2. The number of nitrogens with one attached hydrogen (secondary N) is 2. The monoisotopic (exact) mass is 308 g/mol. The largest absolute Gasteiger partial charge is 0.370 e. The molecule has 2 amide bonds. The summed E-state index contributed by atoms with van der Waals surface area (Å²) in [6.45, 7) is 5.96. The highest BCUT2D eigenvalue weighted by atomic mass is 32.2. The van der Waals surface area contributed by atoms with E-state index in [0.29, 0.717) is 0 Å². The van der Waals surface area contributed by atoms with Gasteiger partial charge < -0.3 is 20.4 Å². The van der Waals surface area contributed by atoms with E-state index in [0.717, 1.165) is 49.5 Å². The van der Waals surface area contributed by atoms with E-state index in [2.05, 4.69) is 32.4 Å². The van der Waals surface area contributed by atoms with E-state index in [9.17, 15) is 4.79 Å². The van der Waals surface area contributed by atoms with Crippen molar-refractivity contribution in [1.82, 2.24) is 20.2 Å². The molecule has 0 spiro atoms. The van der Waals surface area contributed by atoms with E-state index < -0.39 is 0 Å². The minimum absolute atomic E-state index is 0.0560. The van der Waals surface area contributed by atoms with Crippen LogP contribution in [0.15, 0.2) is 11.2 Å². The van der Waals surface area contributed by atoms with Crippen molar-refractivity contribution in [2.75, 3.05) is 49.2 Å². The second-order valence-electron chi connectivity index (χ2n) is 5.11. The van der Waals surface area contributed by atoms with E-state index >= 15 is 0 Å². The van der Waals surface area contributed by atoms with Gasteiger partial charge in [0.2, 0.25) is 0 Å². The van der Waals surface area contributed by atoms with Crippen molar-refractivity contribution in [3.8, 4) is 0 Å². The molecular weight excluding hydrogens is 288 g/mol. The fourth-order valence-electron chi connectivity index (χ4n) is 2.75. The maximum atomic E-state index is 11.6. The summed E-state index contributed by atoms with van der Waals surface area (Å²) in [5.74, 6) is 1.79. The Morgan fingerprint density at radius 3 is 3.10 bits per heavy atom. The Morgan fingerprint density at radius 2 is 2.33 bits per heavy atom. The van der Waals surface area contributed by atoms with Gasteiger partial charge in [0.05, 0.1) is 6.04 Å². The summed E-state index contributed by atoms with van der Waals surface area (Å²) in [6, 6.07) is 2.28. The maximum Gasteiger partial charge on any atom is 0.317 e. The number of fused-ring (bicyclic) bond motifs is 1. The molecule has 0 radical (unpaired) electrons. The van der Waals surface area contributed by atoms with Crippen LogP contribution in [0.5, 0.6) is 0 Å². The molecule has 0 aromatic carbocycles. The fraction of sp³-hybridized carbons (Fsp3) is 0.615. The van der Waals surface area contributed by atoms with Gasteiger partial charge >= 0.3 is 6.03 Å². The van der Waals surface area contributed by atoms with Gasteiger partial charge in [-0.05, 0) is 13.2 Å². The van der Waals surface area contributed by atoms with Crippen molar-refractivity contribution >= 4 is 29.4 Å². The molecule has 8 heteroatoms. The molecule has 2 fully saturated rings. The van der Waals surface area contributed by atoms with Crippen LogP contribution in [0.4, 0.5) is 16.4 Å². The second kappa shape index (κ2) is 5.97. The van der Waals surface area contributed by atoms with Crippen LogP contribution in [0.1, 0.15) is 6.92 Å². The molecule has 1 unspecified atom stereocenters. The molecule has 0 aliphatic carbocycles. The quantitative estimate of drug-likeness (QED) is 0.634. The third-order valence-electron chi connectivity index (χ3n) is 3.79.